The third-order valence-corrected chi connectivity index (χ3v) is 10.7. The van der Waals surface area contributed by atoms with E-state index < -0.39 is 10.1 Å². The van der Waals surface area contributed by atoms with Gasteiger partial charge in [0, 0.05) is 0 Å². The first-order chi connectivity index (χ1) is 22.1. The molecule has 0 aliphatic carbocycles. The van der Waals surface area contributed by atoms with Crippen molar-refractivity contribution in [2.45, 2.75) is 230 Å². The van der Waals surface area contributed by atoms with E-state index in [4.69, 9.17) is 0 Å². The zero-order chi connectivity index (χ0) is 32.5. The second kappa shape index (κ2) is 35.6. The molecule has 1 aromatic carbocycles. The molecule has 1 aromatic rings. The monoisotopic (exact) mass is 687 g/mol. The largest absolute Gasteiger partial charge is 1.00 e. The van der Waals surface area contributed by atoms with Gasteiger partial charge in [-0.15, -0.1) is 0 Å². The van der Waals surface area contributed by atoms with Gasteiger partial charge in [-0.2, -0.15) is 0 Å². The van der Waals surface area contributed by atoms with Crippen molar-refractivity contribution in [2.24, 2.45) is 0 Å². The molecule has 0 atom stereocenters. The average molecular weight is 687 g/mol. The van der Waals surface area contributed by atoms with E-state index in [1.54, 1.807) is 12.1 Å². The smallest absolute Gasteiger partial charge is 0.744 e. The predicted octanol–water partition coefficient (Wildman–Crippen LogP) is 11.0. The quantitative estimate of drug-likeness (QED) is 0.0406. The number of hydrogen-bond acceptors (Lipinski definition) is 3. The van der Waals surface area contributed by atoms with Crippen molar-refractivity contribution in [1.82, 2.24) is 0 Å². The molecule has 0 aromatic heterocycles. The fraction of sp³-hybridized carbons (Fsp3) is 0.854. The molecule has 0 saturated heterocycles. The molecule has 0 heterocycles. The molecule has 46 heavy (non-hydrogen) atoms. The molecule has 0 spiro atoms. The second-order valence-corrected chi connectivity index (χ2v) is 15.5. The third-order valence-electron chi connectivity index (χ3n) is 9.79. The Hall–Kier alpha value is 0.766. The van der Waals surface area contributed by atoms with Gasteiger partial charge in [-0.1, -0.05) is 231 Å². The summed E-state index contributed by atoms with van der Waals surface area (Å²) in [5.74, 6) is 0. The first-order valence-corrected chi connectivity index (χ1v) is 21.5. The van der Waals surface area contributed by atoms with Crippen LogP contribution in [0.15, 0.2) is 29.2 Å². The van der Waals surface area contributed by atoms with Crippen molar-refractivity contribution in [1.29, 1.82) is 0 Å². The number of unbranched alkanes of at least 4 members (excludes halogenated alkanes) is 32. The molecule has 1 rings (SSSR count). The van der Waals surface area contributed by atoms with Crippen molar-refractivity contribution in [3.05, 3.63) is 29.8 Å². The molecule has 0 fully saturated rings. The fourth-order valence-corrected chi connectivity index (χ4v) is 7.56. The summed E-state index contributed by atoms with van der Waals surface area (Å²) < 4.78 is 34.1. The van der Waals surface area contributed by atoms with E-state index in [0.717, 1.165) is 12.8 Å². The first-order valence-electron chi connectivity index (χ1n) is 20.1. The SMILES string of the molecule is CCCCCCCCCCCCCCCCCCCCCCCCCCCCCCCCCCCc1ccccc1S(=O)(=O)[O-].[K+]. The fourth-order valence-electron chi connectivity index (χ4n) is 6.82. The zero-order valence-corrected chi connectivity index (χ0v) is 34.9. The Morgan fingerprint density at radius 1 is 0.413 bits per heavy atom. The number of rotatable bonds is 35. The van der Waals surface area contributed by atoms with Crippen LogP contribution in [0.5, 0.6) is 0 Å². The van der Waals surface area contributed by atoms with Gasteiger partial charge in [-0.25, -0.2) is 8.42 Å². The van der Waals surface area contributed by atoms with Crippen LogP contribution in [0.1, 0.15) is 224 Å². The summed E-state index contributed by atoms with van der Waals surface area (Å²) in [5, 5.41) is 0. The van der Waals surface area contributed by atoms with Crippen LogP contribution in [0.4, 0.5) is 0 Å². The Bertz CT molecular complexity index is 857. The zero-order valence-electron chi connectivity index (χ0n) is 31.0. The van der Waals surface area contributed by atoms with Crippen molar-refractivity contribution in [2.75, 3.05) is 0 Å². The van der Waals surface area contributed by atoms with Gasteiger partial charge in [0.1, 0.15) is 10.1 Å². The minimum Gasteiger partial charge on any atom is -0.744 e. The molecule has 5 heteroatoms. The van der Waals surface area contributed by atoms with Crippen molar-refractivity contribution < 1.29 is 64.4 Å². The summed E-state index contributed by atoms with van der Waals surface area (Å²) in [7, 11) is -4.37. The molecule has 0 aliphatic rings. The molecule has 0 radical (unpaired) electrons. The van der Waals surface area contributed by atoms with Crippen molar-refractivity contribution >= 4 is 10.1 Å². The van der Waals surface area contributed by atoms with Gasteiger partial charge in [-0.3, -0.25) is 0 Å². The van der Waals surface area contributed by atoms with Crippen molar-refractivity contribution in [3.8, 4) is 0 Å². The minimum atomic E-state index is -4.37. The summed E-state index contributed by atoms with van der Waals surface area (Å²) >= 11 is 0. The van der Waals surface area contributed by atoms with E-state index in [0.29, 0.717) is 12.0 Å². The van der Waals surface area contributed by atoms with Gasteiger partial charge in [0.25, 0.3) is 0 Å². The Labute approximate surface area is 331 Å². The summed E-state index contributed by atoms with van der Waals surface area (Å²) in [5.41, 5.74) is 0.674. The van der Waals surface area contributed by atoms with Crippen LogP contribution in [0.25, 0.3) is 0 Å². The summed E-state index contributed by atoms with van der Waals surface area (Å²) in [6.45, 7) is 2.30. The van der Waals surface area contributed by atoms with Crippen LogP contribution in [0, 0.1) is 0 Å². The Morgan fingerprint density at radius 2 is 0.652 bits per heavy atom. The van der Waals surface area contributed by atoms with E-state index in [1.807, 2.05) is 6.07 Å². The minimum absolute atomic E-state index is 0. The maximum absolute atomic E-state index is 11.4. The maximum Gasteiger partial charge on any atom is 1.00 e. The van der Waals surface area contributed by atoms with Crippen LogP contribution in [-0.4, -0.2) is 13.0 Å². The van der Waals surface area contributed by atoms with Gasteiger partial charge >= 0.3 is 51.4 Å². The standard InChI is InChI=1S/C41H76O3S.K/c1-2-3-4-5-6-7-8-9-10-11-12-13-14-15-16-17-18-19-20-21-22-23-24-25-26-27-28-29-30-31-32-33-34-37-40-38-35-36-39-41(40)45(42,43)44;/h35-36,38-39H,2-34,37H2,1H3,(H,42,43,44);/q;+1/p-1. The van der Waals surface area contributed by atoms with Gasteiger partial charge < -0.3 is 4.55 Å². The Kier molecular flexibility index (Phi) is 36.2. The summed E-state index contributed by atoms with van der Waals surface area (Å²) in [6, 6.07) is 6.64. The van der Waals surface area contributed by atoms with Crippen LogP contribution in [0.2, 0.25) is 0 Å². The molecular weight excluding hydrogens is 612 g/mol. The molecule has 0 unspecified atom stereocenters. The number of hydrogen-bond donors (Lipinski definition) is 0. The van der Waals surface area contributed by atoms with E-state index in [1.165, 1.54) is 205 Å². The topological polar surface area (TPSA) is 57.2 Å². The van der Waals surface area contributed by atoms with Crippen LogP contribution >= 0.6 is 0 Å². The normalized spacial score (nSPS) is 11.6. The summed E-state index contributed by atoms with van der Waals surface area (Å²) in [4.78, 5) is -0.0408. The molecule has 0 bridgehead atoms. The van der Waals surface area contributed by atoms with Crippen LogP contribution in [0.3, 0.4) is 0 Å². The van der Waals surface area contributed by atoms with Crippen molar-refractivity contribution in [3.63, 3.8) is 0 Å². The van der Waals surface area contributed by atoms with Gasteiger partial charge in [0.2, 0.25) is 0 Å². The molecule has 0 amide bonds. The van der Waals surface area contributed by atoms with Crippen LogP contribution < -0.4 is 51.4 Å². The van der Waals surface area contributed by atoms with E-state index >= 15 is 0 Å². The molecule has 3 nitrogen and oxygen atoms in total. The third kappa shape index (κ3) is 30.8. The predicted molar refractivity (Wildman–Crippen MR) is 196 cm³/mol. The van der Waals surface area contributed by atoms with E-state index in [9.17, 15) is 13.0 Å². The molecule has 0 N–H and O–H groups in total. The second-order valence-electron chi connectivity index (χ2n) is 14.1. The van der Waals surface area contributed by atoms with E-state index in [2.05, 4.69) is 6.92 Å². The van der Waals surface area contributed by atoms with E-state index in [-0.39, 0.29) is 56.3 Å². The molecular formula is C41H75KO3S. The Morgan fingerprint density at radius 3 is 0.913 bits per heavy atom. The molecule has 0 saturated carbocycles. The first kappa shape index (κ1) is 46.8. The van der Waals surface area contributed by atoms with Gasteiger partial charge in [-0.05, 0) is 24.5 Å². The molecule has 0 aliphatic heterocycles. The number of benzene rings is 1. The van der Waals surface area contributed by atoms with Gasteiger partial charge in [0.15, 0.2) is 0 Å². The van der Waals surface area contributed by atoms with Gasteiger partial charge in [0.05, 0.1) is 4.90 Å². The Balaban J connectivity index is 0.0000202. The molecule has 264 valence electrons. The number of aryl methyl sites for hydroxylation is 1. The van der Waals surface area contributed by atoms with Crippen LogP contribution in [-0.2, 0) is 16.5 Å². The maximum atomic E-state index is 11.4. The summed E-state index contributed by atoms with van der Waals surface area (Å²) in [6.07, 6.45) is 46.9. The average Bonchev–Trinajstić information content (AvgIpc) is 3.03.